The topological polar surface area (TPSA) is 80.5 Å². The fourth-order valence-corrected chi connectivity index (χ4v) is 1.95. The molecule has 5 nitrogen and oxygen atoms in total. The van der Waals surface area contributed by atoms with Gasteiger partial charge in [-0.25, -0.2) is 9.67 Å². The standard InChI is InChI=1S/C14H17N5/c1-3-13-17-14(4-2)19(18-13)12-6-5-10(8-15)7-11(12)9-16/h5-7H,3-4,8,15H2,1-2H3. The zero-order valence-electron chi connectivity index (χ0n) is 11.2. The Hall–Kier alpha value is -2.19. The Morgan fingerprint density at radius 2 is 2.11 bits per heavy atom. The molecule has 0 saturated carbocycles. The molecule has 0 bridgehead atoms. The predicted octanol–water partition coefficient (Wildman–Crippen LogP) is 1.72. The predicted molar refractivity (Wildman–Crippen MR) is 72.7 cm³/mol. The molecule has 0 aliphatic heterocycles. The lowest BCUT2D eigenvalue weighted by atomic mass is 10.1. The number of rotatable bonds is 4. The largest absolute Gasteiger partial charge is 0.326 e. The Balaban J connectivity index is 2.58. The Morgan fingerprint density at radius 3 is 2.68 bits per heavy atom. The van der Waals surface area contributed by atoms with Crippen LogP contribution in [0.15, 0.2) is 18.2 Å². The number of hydrogen-bond acceptors (Lipinski definition) is 4. The molecule has 5 heteroatoms. The number of benzene rings is 1. The van der Waals surface area contributed by atoms with Gasteiger partial charge in [-0.3, -0.25) is 0 Å². The van der Waals surface area contributed by atoms with Crippen LogP contribution in [0, 0.1) is 11.3 Å². The molecule has 0 fully saturated rings. The summed E-state index contributed by atoms with van der Waals surface area (Å²) in [5.41, 5.74) is 7.88. The van der Waals surface area contributed by atoms with Gasteiger partial charge in [0.25, 0.3) is 0 Å². The van der Waals surface area contributed by atoms with Gasteiger partial charge >= 0.3 is 0 Å². The van der Waals surface area contributed by atoms with Crippen LogP contribution in [0.5, 0.6) is 0 Å². The number of nitrogens with two attached hydrogens (primary N) is 1. The molecule has 0 aliphatic carbocycles. The highest BCUT2D eigenvalue weighted by Gasteiger charge is 2.12. The molecule has 98 valence electrons. The molecule has 2 aromatic rings. The van der Waals surface area contributed by atoms with Gasteiger partial charge in [0, 0.05) is 19.4 Å². The average Bonchev–Trinajstić information content (AvgIpc) is 2.89. The van der Waals surface area contributed by atoms with Crippen LogP contribution in [0.3, 0.4) is 0 Å². The van der Waals surface area contributed by atoms with Crippen molar-refractivity contribution >= 4 is 0 Å². The van der Waals surface area contributed by atoms with Gasteiger partial charge in [-0.1, -0.05) is 19.9 Å². The minimum atomic E-state index is 0.424. The highest BCUT2D eigenvalue weighted by Crippen LogP contribution is 2.17. The molecule has 0 amide bonds. The van der Waals surface area contributed by atoms with Gasteiger partial charge < -0.3 is 5.73 Å². The number of nitriles is 1. The Labute approximate surface area is 112 Å². The summed E-state index contributed by atoms with van der Waals surface area (Å²) < 4.78 is 1.76. The van der Waals surface area contributed by atoms with Crippen LogP contribution < -0.4 is 5.73 Å². The van der Waals surface area contributed by atoms with E-state index in [1.54, 1.807) is 4.68 Å². The average molecular weight is 255 g/mol. The van der Waals surface area contributed by atoms with Gasteiger partial charge in [0.2, 0.25) is 0 Å². The van der Waals surface area contributed by atoms with Crippen LogP contribution in [0.2, 0.25) is 0 Å². The minimum absolute atomic E-state index is 0.424. The molecule has 0 unspecified atom stereocenters. The molecule has 2 N–H and O–H groups in total. The van der Waals surface area contributed by atoms with Crippen LogP contribution in [0.1, 0.15) is 36.6 Å². The maximum atomic E-state index is 9.27. The second kappa shape index (κ2) is 5.63. The summed E-state index contributed by atoms with van der Waals surface area (Å²) in [5.74, 6) is 1.66. The Morgan fingerprint density at radius 1 is 1.32 bits per heavy atom. The molecule has 1 aromatic carbocycles. The maximum Gasteiger partial charge on any atom is 0.151 e. The Bertz CT molecular complexity index is 621. The van der Waals surface area contributed by atoms with Gasteiger partial charge in [-0.05, 0) is 17.7 Å². The molecule has 0 radical (unpaired) electrons. The highest BCUT2D eigenvalue weighted by molar-refractivity contribution is 5.50. The molecule has 0 atom stereocenters. The molecular formula is C14H17N5. The van der Waals surface area contributed by atoms with Crippen LogP contribution in [0.25, 0.3) is 5.69 Å². The van der Waals surface area contributed by atoms with E-state index in [1.807, 2.05) is 32.0 Å². The normalized spacial score (nSPS) is 10.4. The van der Waals surface area contributed by atoms with E-state index in [-0.39, 0.29) is 0 Å². The van der Waals surface area contributed by atoms with Crippen molar-refractivity contribution in [1.82, 2.24) is 14.8 Å². The van der Waals surface area contributed by atoms with Crippen LogP contribution in [-0.4, -0.2) is 14.8 Å². The summed E-state index contributed by atoms with van der Waals surface area (Å²) in [7, 11) is 0. The van der Waals surface area contributed by atoms with Crippen molar-refractivity contribution in [3.8, 4) is 11.8 Å². The first-order valence-corrected chi connectivity index (χ1v) is 6.41. The molecule has 1 aromatic heterocycles. The Kier molecular flexibility index (Phi) is 3.93. The van der Waals surface area contributed by atoms with E-state index in [0.717, 1.165) is 35.7 Å². The van der Waals surface area contributed by atoms with Crippen molar-refractivity contribution in [2.75, 3.05) is 0 Å². The number of aromatic nitrogens is 3. The van der Waals surface area contributed by atoms with E-state index in [0.29, 0.717) is 12.1 Å². The van der Waals surface area contributed by atoms with Crippen molar-refractivity contribution < 1.29 is 0 Å². The molecule has 0 saturated heterocycles. The third-order valence-electron chi connectivity index (χ3n) is 3.00. The van der Waals surface area contributed by atoms with Crippen molar-refractivity contribution in [3.63, 3.8) is 0 Å². The first-order valence-electron chi connectivity index (χ1n) is 6.41. The second-order valence-corrected chi connectivity index (χ2v) is 4.23. The smallest absolute Gasteiger partial charge is 0.151 e. The van der Waals surface area contributed by atoms with Gasteiger partial charge in [0.05, 0.1) is 11.3 Å². The highest BCUT2D eigenvalue weighted by atomic mass is 15.3. The second-order valence-electron chi connectivity index (χ2n) is 4.23. The summed E-state index contributed by atoms with van der Waals surface area (Å²) >= 11 is 0. The van der Waals surface area contributed by atoms with E-state index < -0.39 is 0 Å². The van der Waals surface area contributed by atoms with Crippen LogP contribution >= 0.6 is 0 Å². The lowest BCUT2D eigenvalue weighted by molar-refractivity contribution is 0.788. The molecule has 1 heterocycles. The summed E-state index contributed by atoms with van der Waals surface area (Å²) in [6.45, 7) is 4.47. The fraction of sp³-hybridized carbons (Fsp3) is 0.357. The van der Waals surface area contributed by atoms with Crippen molar-refractivity contribution in [3.05, 3.63) is 41.0 Å². The van der Waals surface area contributed by atoms with Crippen molar-refractivity contribution in [1.29, 1.82) is 5.26 Å². The van der Waals surface area contributed by atoms with Crippen LogP contribution in [0.4, 0.5) is 0 Å². The summed E-state index contributed by atoms with van der Waals surface area (Å²) in [4.78, 5) is 4.46. The van der Waals surface area contributed by atoms with E-state index in [4.69, 9.17) is 5.73 Å². The van der Waals surface area contributed by atoms with E-state index >= 15 is 0 Å². The molecule has 19 heavy (non-hydrogen) atoms. The third-order valence-corrected chi connectivity index (χ3v) is 3.00. The van der Waals surface area contributed by atoms with Gasteiger partial charge in [-0.2, -0.15) is 10.4 Å². The number of hydrogen-bond donors (Lipinski definition) is 1. The molecule has 0 aliphatic rings. The van der Waals surface area contributed by atoms with E-state index in [9.17, 15) is 5.26 Å². The van der Waals surface area contributed by atoms with Gasteiger partial charge in [0.15, 0.2) is 5.82 Å². The van der Waals surface area contributed by atoms with Crippen molar-refractivity contribution in [2.24, 2.45) is 5.73 Å². The third kappa shape index (κ3) is 2.49. The first kappa shape index (κ1) is 13.2. The quantitative estimate of drug-likeness (QED) is 0.902. The zero-order chi connectivity index (χ0) is 13.8. The van der Waals surface area contributed by atoms with Gasteiger partial charge in [0.1, 0.15) is 11.9 Å². The molecular weight excluding hydrogens is 238 g/mol. The lowest BCUT2D eigenvalue weighted by Crippen LogP contribution is -2.06. The lowest BCUT2D eigenvalue weighted by Gasteiger charge is -2.07. The summed E-state index contributed by atoms with van der Waals surface area (Å²) in [6.07, 6.45) is 1.55. The summed E-state index contributed by atoms with van der Waals surface area (Å²) in [6, 6.07) is 7.81. The maximum absolute atomic E-state index is 9.27. The zero-order valence-corrected chi connectivity index (χ0v) is 11.2. The molecule has 0 spiro atoms. The van der Waals surface area contributed by atoms with E-state index in [1.165, 1.54) is 0 Å². The van der Waals surface area contributed by atoms with Crippen molar-refractivity contribution in [2.45, 2.75) is 33.2 Å². The van der Waals surface area contributed by atoms with E-state index in [2.05, 4.69) is 16.2 Å². The number of nitrogens with zero attached hydrogens (tertiary/aromatic N) is 4. The van der Waals surface area contributed by atoms with Gasteiger partial charge in [-0.15, -0.1) is 0 Å². The minimum Gasteiger partial charge on any atom is -0.326 e. The summed E-state index contributed by atoms with van der Waals surface area (Å²) in [5, 5.41) is 13.7. The monoisotopic (exact) mass is 255 g/mol. The first-order chi connectivity index (χ1) is 9.23. The SMILES string of the molecule is CCc1nc(CC)n(-c2ccc(CN)cc2C#N)n1. The molecule has 2 rings (SSSR count). The fourth-order valence-electron chi connectivity index (χ4n) is 1.95. The van der Waals surface area contributed by atoms with Crippen LogP contribution in [-0.2, 0) is 19.4 Å². The number of aryl methyl sites for hydroxylation is 2.